The van der Waals surface area contributed by atoms with Gasteiger partial charge in [-0.15, -0.1) is 0 Å². The molecule has 0 bridgehead atoms. The molecule has 0 saturated heterocycles. The molecule has 19 heavy (non-hydrogen) atoms. The van der Waals surface area contributed by atoms with Crippen LogP contribution in [0.4, 0.5) is 11.6 Å². The van der Waals surface area contributed by atoms with Crippen LogP contribution >= 0.6 is 0 Å². The minimum Gasteiger partial charge on any atom is -0.383 e. The monoisotopic (exact) mass is 266 g/mol. The lowest BCUT2D eigenvalue weighted by Gasteiger charge is -2.25. The average Bonchev–Trinajstić information content (AvgIpc) is 2.37. The van der Waals surface area contributed by atoms with Crippen LogP contribution in [0.15, 0.2) is 6.33 Å². The summed E-state index contributed by atoms with van der Waals surface area (Å²) in [4.78, 5) is 8.68. The van der Waals surface area contributed by atoms with Crippen LogP contribution in [0.5, 0.6) is 0 Å². The lowest BCUT2D eigenvalue weighted by molar-refractivity contribution is 0.171. The summed E-state index contributed by atoms with van der Waals surface area (Å²) in [7, 11) is 3.60. The van der Waals surface area contributed by atoms with Crippen LogP contribution in [0.1, 0.15) is 39.2 Å². The first kappa shape index (κ1) is 15.7. The quantitative estimate of drug-likeness (QED) is 0.794. The molecule has 1 heterocycles. The van der Waals surface area contributed by atoms with Crippen molar-refractivity contribution in [2.24, 2.45) is 5.92 Å². The van der Waals surface area contributed by atoms with Crippen LogP contribution in [0, 0.1) is 5.92 Å². The summed E-state index contributed by atoms with van der Waals surface area (Å²) in [6.07, 6.45) is 1.59. The number of nitrogens with zero attached hydrogens (tertiary/aromatic N) is 2. The van der Waals surface area contributed by atoms with Crippen molar-refractivity contribution in [2.45, 2.75) is 39.7 Å². The van der Waals surface area contributed by atoms with E-state index in [1.54, 1.807) is 13.4 Å². The van der Waals surface area contributed by atoms with Crippen LogP contribution in [-0.2, 0) is 4.74 Å². The maximum Gasteiger partial charge on any atom is 0.135 e. The summed E-state index contributed by atoms with van der Waals surface area (Å²) >= 11 is 0. The van der Waals surface area contributed by atoms with Crippen molar-refractivity contribution in [3.8, 4) is 0 Å². The van der Waals surface area contributed by atoms with Gasteiger partial charge in [-0.05, 0) is 11.8 Å². The van der Waals surface area contributed by atoms with E-state index in [-0.39, 0.29) is 6.04 Å². The van der Waals surface area contributed by atoms with Gasteiger partial charge >= 0.3 is 0 Å². The van der Waals surface area contributed by atoms with Gasteiger partial charge in [-0.1, -0.05) is 27.7 Å². The molecule has 1 atom stereocenters. The topological polar surface area (TPSA) is 59.1 Å². The number of hydrogen-bond donors (Lipinski definition) is 2. The number of aromatic nitrogens is 2. The molecule has 0 aliphatic rings. The van der Waals surface area contributed by atoms with Gasteiger partial charge in [0, 0.05) is 19.7 Å². The maximum atomic E-state index is 5.27. The fourth-order valence-corrected chi connectivity index (χ4v) is 2.01. The van der Waals surface area contributed by atoms with E-state index < -0.39 is 0 Å². The molecule has 0 saturated carbocycles. The Labute approximate surface area is 116 Å². The largest absolute Gasteiger partial charge is 0.383 e. The third kappa shape index (κ3) is 4.06. The molecule has 1 rings (SSSR count). The van der Waals surface area contributed by atoms with Gasteiger partial charge < -0.3 is 15.4 Å². The van der Waals surface area contributed by atoms with Crippen molar-refractivity contribution < 1.29 is 4.74 Å². The Morgan fingerprint density at radius 2 is 1.79 bits per heavy atom. The van der Waals surface area contributed by atoms with Crippen LogP contribution in [-0.4, -0.2) is 36.8 Å². The van der Waals surface area contributed by atoms with E-state index in [9.17, 15) is 0 Å². The Hall–Kier alpha value is -1.36. The first-order valence-corrected chi connectivity index (χ1v) is 6.79. The Morgan fingerprint density at radius 3 is 2.26 bits per heavy atom. The van der Waals surface area contributed by atoms with Gasteiger partial charge in [0.2, 0.25) is 0 Å². The Kier molecular flexibility index (Phi) is 6.02. The third-order valence-corrected chi connectivity index (χ3v) is 3.17. The molecule has 0 fully saturated rings. The number of anilines is 2. The predicted molar refractivity (Wildman–Crippen MR) is 79.8 cm³/mol. The van der Waals surface area contributed by atoms with Crippen molar-refractivity contribution >= 4 is 11.6 Å². The van der Waals surface area contributed by atoms with Gasteiger partial charge in [-0.25, -0.2) is 9.97 Å². The summed E-state index contributed by atoms with van der Waals surface area (Å²) in [5.41, 5.74) is 1.12. The van der Waals surface area contributed by atoms with Gasteiger partial charge in [0.15, 0.2) is 0 Å². The molecule has 0 spiro atoms. The van der Waals surface area contributed by atoms with Crippen molar-refractivity contribution in [1.82, 2.24) is 9.97 Å². The molecule has 2 N–H and O–H groups in total. The molecule has 108 valence electrons. The smallest absolute Gasteiger partial charge is 0.135 e. The van der Waals surface area contributed by atoms with Crippen molar-refractivity contribution in [1.29, 1.82) is 0 Å². The van der Waals surface area contributed by atoms with Gasteiger partial charge in [-0.3, -0.25) is 0 Å². The number of methoxy groups -OCH3 is 1. The molecule has 0 aliphatic carbocycles. The highest BCUT2D eigenvalue weighted by Gasteiger charge is 2.19. The van der Waals surface area contributed by atoms with Crippen molar-refractivity contribution in [2.75, 3.05) is 31.4 Å². The van der Waals surface area contributed by atoms with E-state index >= 15 is 0 Å². The van der Waals surface area contributed by atoms with E-state index in [0.29, 0.717) is 18.4 Å². The highest BCUT2D eigenvalue weighted by atomic mass is 16.5. The van der Waals surface area contributed by atoms with E-state index in [1.165, 1.54) is 0 Å². The van der Waals surface area contributed by atoms with E-state index in [1.807, 2.05) is 7.05 Å². The van der Waals surface area contributed by atoms with Crippen LogP contribution in [0.2, 0.25) is 0 Å². The third-order valence-electron chi connectivity index (χ3n) is 3.17. The minimum absolute atomic E-state index is 0.238. The fraction of sp³-hybridized carbons (Fsp3) is 0.714. The second kappa shape index (κ2) is 7.28. The molecular weight excluding hydrogens is 240 g/mol. The first-order valence-electron chi connectivity index (χ1n) is 6.79. The molecule has 0 radical (unpaired) electrons. The highest BCUT2D eigenvalue weighted by Crippen LogP contribution is 2.28. The normalized spacial score (nSPS) is 12.8. The Balaban J connectivity index is 3.05. The highest BCUT2D eigenvalue weighted by molar-refractivity contribution is 5.59. The summed E-state index contributed by atoms with van der Waals surface area (Å²) in [5.74, 6) is 2.59. The second-order valence-electron chi connectivity index (χ2n) is 5.34. The molecule has 5 nitrogen and oxygen atoms in total. The molecule has 0 aromatic carbocycles. The van der Waals surface area contributed by atoms with Gasteiger partial charge in [0.05, 0.1) is 12.6 Å². The second-order valence-corrected chi connectivity index (χ2v) is 5.34. The van der Waals surface area contributed by atoms with Crippen LogP contribution in [0.3, 0.4) is 0 Å². The zero-order chi connectivity index (χ0) is 14.4. The van der Waals surface area contributed by atoms with Gasteiger partial charge in [0.25, 0.3) is 0 Å². The number of ether oxygens (including phenoxy) is 1. The maximum absolute atomic E-state index is 5.27. The lowest BCUT2D eigenvalue weighted by atomic mass is 10.0. The van der Waals surface area contributed by atoms with E-state index in [0.717, 1.165) is 17.2 Å². The van der Waals surface area contributed by atoms with Crippen molar-refractivity contribution in [3.05, 3.63) is 11.9 Å². The van der Waals surface area contributed by atoms with Gasteiger partial charge in [0.1, 0.15) is 18.0 Å². The predicted octanol–water partition coefficient (Wildman–Crippen LogP) is 2.72. The standard InChI is InChI=1S/C14H26N4O/c1-9(2)11(7-19-6)18-14-12(10(3)4)13(15-5)16-8-17-14/h8-11H,7H2,1-6H3,(H2,15,16,17,18). The Bertz CT molecular complexity index is 393. The summed E-state index contributed by atoms with van der Waals surface area (Å²) in [6.45, 7) is 9.29. The van der Waals surface area contributed by atoms with E-state index in [4.69, 9.17) is 4.74 Å². The van der Waals surface area contributed by atoms with E-state index in [2.05, 4.69) is 48.3 Å². The summed E-state index contributed by atoms with van der Waals surface area (Å²) < 4.78 is 5.27. The zero-order valence-corrected chi connectivity index (χ0v) is 12.8. The Morgan fingerprint density at radius 1 is 1.16 bits per heavy atom. The zero-order valence-electron chi connectivity index (χ0n) is 12.8. The number of nitrogens with one attached hydrogen (secondary N) is 2. The molecule has 1 aromatic heterocycles. The molecular formula is C14H26N4O. The molecule has 1 unspecified atom stereocenters. The summed E-state index contributed by atoms with van der Waals surface area (Å²) in [5, 5.41) is 6.62. The number of hydrogen-bond acceptors (Lipinski definition) is 5. The number of rotatable bonds is 7. The van der Waals surface area contributed by atoms with Gasteiger partial charge in [-0.2, -0.15) is 0 Å². The summed E-state index contributed by atoms with van der Waals surface area (Å²) in [6, 6.07) is 0.238. The first-order chi connectivity index (χ1) is 9.01. The minimum atomic E-state index is 0.238. The molecule has 0 amide bonds. The molecule has 1 aromatic rings. The van der Waals surface area contributed by atoms with Crippen LogP contribution in [0.25, 0.3) is 0 Å². The fourth-order valence-electron chi connectivity index (χ4n) is 2.01. The van der Waals surface area contributed by atoms with Crippen LogP contribution < -0.4 is 10.6 Å². The van der Waals surface area contributed by atoms with Crippen molar-refractivity contribution in [3.63, 3.8) is 0 Å². The molecule has 5 heteroatoms. The SMILES string of the molecule is CNc1ncnc(NC(COC)C(C)C)c1C(C)C. The lowest BCUT2D eigenvalue weighted by Crippen LogP contribution is -2.31. The average molecular weight is 266 g/mol. The molecule has 0 aliphatic heterocycles.